The third-order valence-electron chi connectivity index (χ3n) is 7.02. The number of hydrogen-bond acceptors (Lipinski definition) is 6. The van der Waals surface area contributed by atoms with Gasteiger partial charge in [-0.3, -0.25) is 4.79 Å². The van der Waals surface area contributed by atoms with E-state index in [1.807, 2.05) is 43.3 Å². The molecule has 6 nitrogen and oxygen atoms in total. The fourth-order valence-corrected chi connectivity index (χ4v) is 5.38. The van der Waals surface area contributed by atoms with Gasteiger partial charge in [0, 0.05) is 40.4 Å². The molecule has 0 spiro atoms. The molecule has 0 amide bonds. The van der Waals surface area contributed by atoms with Crippen molar-refractivity contribution in [3.05, 3.63) is 83.1 Å². The van der Waals surface area contributed by atoms with Crippen LogP contribution in [0.25, 0.3) is 11.1 Å². The second-order valence-corrected chi connectivity index (χ2v) is 9.33. The highest BCUT2D eigenvalue weighted by Gasteiger charge is 2.35. The topological polar surface area (TPSA) is 90.8 Å². The minimum absolute atomic E-state index is 0.0656. The maximum absolute atomic E-state index is 13.6. The lowest BCUT2D eigenvalue weighted by Crippen LogP contribution is -2.25. The zero-order valence-electron chi connectivity index (χ0n) is 20.0. The van der Waals surface area contributed by atoms with Gasteiger partial charge in [0.05, 0.1) is 7.11 Å². The van der Waals surface area contributed by atoms with Gasteiger partial charge in [-0.15, -0.1) is 0 Å². The van der Waals surface area contributed by atoms with Gasteiger partial charge in [0.1, 0.15) is 17.2 Å². The molecular formula is C29H30N2O4. The van der Waals surface area contributed by atoms with Crippen molar-refractivity contribution in [1.82, 2.24) is 5.32 Å². The number of fused-ring (bicyclic) bond motifs is 1. The molecule has 4 N–H and O–H groups in total. The number of carbonyl (C=O) groups excluding carboxylic acids is 1. The molecule has 2 heterocycles. The number of nitrogens with one attached hydrogen (secondary N) is 2. The number of rotatable bonds is 6. The first kappa shape index (κ1) is 23.0. The largest absolute Gasteiger partial charge is 0.508 e. The van der Waals surface area contributed by atoms with Crippen molar-refractivity contribution < 1.29 is 19.7 Å². The van der Waals surface area contributed by atoms with E-state index in [-0.39, 0.29) is 17.3 Å². The number of benzene rings is 3. The molecule has 0 bridgehead atoms. The van der Waals surface area contributed by atoms with Crippen LogP contribution >= 0.6 is 0 Å². The van der Waals surface area contributed by atoms with E-state index < -0.39 is 5.92 Å². The third kappa shape index (κ3) is 4.37. The molecule has 180 valence electrons. The van der Waals surface area contributed by atoms with E-state index in [1.54, 1.807) is 31.4 Å². The molecule has 1 saturated heterocycles. The van der Waals surface area contributed by atoms with E-state index in [2.05, 4.69) is 10.6 Å². The molecule has 2 atom stereocenters. The van der Waals surface area contributed by atoms with E-state index in [0.717, 1.165) is 47.6 Å². The number of allylic oxidation sites excluding steroid dienone is 2. The van der Waals surface area contributed by atoms with E-state index in [9.17, 15) is 15.0 Å². The molecule has 0 aliphatic carbocycles. The van der Waals surface area contributed by atoms with Crippen molar-refractivity contribution in [2.75, 3.05) is 25.5 Å². The van der Waals surface area contributed by atoms with Gasteiger partial charge in [0.15, 0.2) is 5.78 Å². The molecule has 1 fully saturated rings. The molecule has 6 heteroatoms. The first-order valence-corrected chi connectivity index (χ1v) is 12.0. The predicted octanol–water partition coefficient (Wildman–Crippen LogP) is 5.17. The standard InChI is InChI=1S/C29H30N2O4/c1-17-27(24(33)12-18-10-11-30-16-18)28(19-6-5-7-21(32)13-19)29-23(31-17)14-20(15-25(29)34)22-8-3-4-9-26(22)35-2/h3-9,13-15,18,28,30-32,34H,10-12,16H2,1-2H3/t18-,28+/m0/s1. The number of aromatic hydroxyl groups is 2. The van der Waals surface area contributed by atoms with Crippen LogP contribution in [-0.4, -0.2) is 36.2 Å². The zero-order valence-corrected chi connectivity index (χ0v) is 20.0. The van der Waals surface area contributed by atoms with E-state index >= 15 is 0 Å². The molecule has 2 aliphatic heterocycles. The Balaban J connectivity index is 1.64. The van der Waals surface area contributed by atoms with Crippen LogP contribution in [-0.2, 0) is 4.79 Å². The van der Waals surface area contributed by atoms with Gasteiger partial charge in [-0.2, -0.15) is 0 Å². The SMILES string of the molecule is COc1ccccc1-c1cc(O)c2c(c1)NC(C)=C(C(=O)C[C@@H]1CCNC1)[C@H]2c1cccc(O)c1. The average Bonchev–Trinajstić information content (AvgIpc) is 3.36. The number of anilines is 1. The summed E-state index contributed by atoms with van der Waals surface area (Å²) >= 11 is 0. The summed E-state index contributed by atoms with van der Waals surface area (Å²) in [4.78, 5) is 13.6. The number of Topliss-reactive ketones (excluding diaryl/α,β-unsaturated/α-hetero) is 1. The van der Waals surface area contributed by atoms with Crippen LogP contribution < -0.4 is 15.4 Å². The Hall–Kier alpha value is -3.77. The molecular weight excluding hydrogens is 440 g/mol. The Kier molecular flexibility index (Phi) is 6.22. The Labute approximate surface area is 205 Å². The van der Waals surface area contributed by atoms with Crippen LogP contribution in [0.1, 0.15) is 36.8 Å². The average molecular weight is 471 g/mol. The van der Waals surface area contributed by atoms with Crippen molar-refractivity contribution in [3.63, 3.8) is 0 Å². The summed E-state index contributed by atoms with van der Waals surface area (Å²) in [7, 11) is 1.62. The number of ketones is 1. The van der Waals surface area contributed by atoms with Crippen LogP contribution in [0.2, 0.25) is 0 Å². The normalized spacial score (nSPS) is 19.3. The Bertz CT molecular complexity index is 1310. The quantitative estimate of drug-likeness (QED) is 0.397. The number of methoxy groups -OCH3 is 1. The van der Waals surface area contributed by atoms with Gasteiger partial charge in [-0.05, 0) is 73.8 Å². The van der Waals surface area contributed by atoms with E-state index in [1.165, 1.54) is 0 Å². The van der Waals surface area contributed by atoms with Gasteiger partial charge in [0.25, 0.3) is 0 Å². The monoisotopic (exact) mass is 470 g/mol. The van der Waals surface area contributed by atoms with Crippen molar-refractivity contribution in [2.45, 2.75) is 25.7 Å². The molecule has 0 aromatic heterocycles. The molecule has 35 heavy (non-hydrogen) atoms. The van der Waals surface area contributed by atoms with Crippen LogP contribution in [0.4, 0.5) is 5.69 Å². The van der Waals surface area contributed by atoms with Gasteiger partial charge >= 0.3 is 0 Å². The van der Waals surface area contributed by atoms with E-state index in [4.69, 9.17) is 4.74 Å². The van der Waals surface area contributed by atoms with Crippen LogP contribution in [0, 0.1) is 5.92 Å². The van der Waals surface area contributed by atoms with Crippen LogP contribution in [0.15, 0.2) is 71.9 Å². The Morgan fingerprint density at radius 3 is 2.66 bits per heavy atom. The number of hydrogen-bond donors (Lipinski definition) is 4. The lowest BCUT2D eigenvalue weighted by molar-refractivity contribution is -0.116. The first-order valence-electron chi connectivity index (χ1n) is 12.0. The Morgan fingerprint density at radius 2 is 1.91 bits per heavy atom. The van der Waals surface area contributed by atoms with Crippen LogP contribution in [0.5, 0.6) is 17.2 Å². The summed E-state index contributed by atoms with van der Waals surface area (Å²) in [5.41, 5.74) is 5.19. The molecule has 5 rings (SSSR count). The molecule has 0 unspecified atom stereocenters. The molecule has 0 radical (unpaired) electrons. The summed E-state index contributed by atoms with van der Waals surface area (Å²) in [6, 6.07) is 18.3. The molecule has 3 aromatic rings. The molecule has 0 saturated carbocycles. The Morgan fingerprint density at radius 1 is 1.09 bits per heavy atom. The lowest BCUT2D eigenvalue weighted by Gasteiger charge is -2.32. The number of para-hydroxylation sites is 1. The number of ether oxygens (including phenoxy) is 1. The fourth-order valence-electron chi connectivity index (χ4n) is 5.38. The zero-order chi connectivity index (χ0) is 24.5. The highest BCUT2D eigenvalue weighted by Crippen LogP contribution is 2.49. The summed E-state index contributed by atoms with van der Waals surface area (Å²) in [5, 5.41) is 28.3. The second kappa shape index (κ2) is 9.47. The highest BCUT2D eigenvalue weighted by molar-refractivity contribution is 6.01. The summed E-state index contributed by atoms with van der Waals surface area (Å²) in [5.74, 6) is 0.792. The first-order chi connectivity index (χ1) is 17.0. The summed E-state index contributed by atoms with van der Waals surface area (Å²) in [6.07, 6.45) is 1.43. The lowest BCUT2D eigenvalue weighted by atomic mass is 9.76. The predicted molar refractivity (Wildman–Crippen MR) is 137 cm³/mol. The second-order valence-electron chi connectivity index (χ2n) is 9.33. The van der Waals surface area contributed by atoms with Crippen molar-refractivity contribution in [2.24, 2.45) is 5.92 Å². The fraction of sp³-hybridized carbons (Fsp3) is 0.276. The third-order valence-corrected chi connectivity index (χ3v) is 7.02. The van der Waals surface area contributed by atoms with E-state index in [0.29, 0.717) is 29.2 Å². The van der Waals surface area contributed by atoms with Gasteiger partial charge in [0.2, 0.25) is 0 Å². The van der Waals surface area contributed by atoms with Crippen molar-refractivity contribution in [1.29, 1.82) is 0 Å². The maximum atomic E-state index is 13.6. The molecule has 3 aromatic carbocycles. The van der Waals surface area contributed by atoms with Gasteiger partial charge in [-0.1, -0.05) is 30.3 Å². The minimum Gasteiger partial charge on any atom is -0.508 e. The van der Waals surface area contributed by atoms with Crippen molar-refractivity contribution in [3.8, 4) is 28.4 Å². The van der Waals surface area contributed by atoms with Gasteiger partial charge in [-0.25, -0.2) is 0 Å². The summed E-state index contributed by atoms with van der Waals surface area (Å²) < 4.78 is 5.53. The number of carbonyl (C=O) groups is 1. The maximum Gasteiger partial charge on any atom is 0.161 e. The number of phenols is 2. The van der Waals surface area contributed by atoms with Crippen LogP contribution in [0.3, 0.4) is 0 Å². The summed E-state index contributed by atoms with van der Waals surface area (Å²) in [6.45, 7) is 3.68. The minimum atomic E-state index is -0.494. The number of phenolic OH excluding ortho intramolecular Hbond substituents is 2. The smallest absolute Gasteiger partial charge is 0.161 e. The van der Waals surface area contributed by atoms with Crippen molar-refractivity contribution >= 4 is 11.5 Å². The molecule has 2 aliphatic rings. The van der Waals surface area contributed by atoms with Gasteiger partial charge < -0.3 is 25.6 Å². The highest BCUT2D eigenvalue weighted by atomic mass is 16.5.